The lowest BCUT2D eigenvalue weighted by Crippen LogP contribution is -2.62. The van der Waals surface area contributed by atoms with Crippen LogP contribution in [0.25, 0.3) is 33.3 Å². The highest BCUT2D eigenvalue weighted by molar-refractivity contribution is 5.96. The Morgan fingerprint density at radius 2 is 1.81 bits per heavy atom. The number of carbonyl (C=O) groups is 5. The van der Waals surface area contributed by atoms with Crippen LogP contribution in [-0.4, -0.2) is 130 Å². The molecule has 0 unspecified atom stereocenters. The summed E-state index contributed by atoms with van der Waals surface area (Å²) in [5.74, 6) is -2.54. The number of likely N-dealkylation sites (tertiary alicyclic amines) is 1. The number of nitrogens with zero attached hydrogens (tertiary/aromatic N) is 5. The number of benzene rings is 2. The predicted octanol–water partition coefficient (Wildman–Crippen LogP) is 5.93. The van der Waals surface area contributed by atoms with Gasteiger partial charge in [-0.15, -0.1) is 0 Å². The van der Waals surface area contributed by atoms with Gasteiger partial charge in [-0.05, 0) is 130 Å². The van der Waals surface area contributed by atoms with Crippen LogP contribution in [0.4, 0.5) is 0 Å². The third-order valence-corrected chi connectivity index (χ3v) is 15.0. The number of phenols is 1. The normalized spacial score (nSPS) is 23.8. The summed E-state index contributed by atoms with van der Waals surface area (Å²) >= 11 is 0. The van der Waals surface area contributed by atoms with Gasteiger partial charge >= 0.3 is 5.97 Å². The molecular weight excluding hydrogens is 889 g/mol. The number of phenolic OH excluding ortho intramolecular Hbond substituents is 1. The topological polar surface area (TPSA) is 188 Å². The molecule has 16 nitrogen and oxygen atoms in total. The summed E-state index contributed by atoms with van der Waals surface area (Å²) in [5, 5.41) is 20.2. The van der Waals surface area contributed by atoms with Crippen molar-refractivity contribution in [3.05, 3.63) is 71.5 Å². The van der Waals surface area contributed by atoms with Crippen LogP contribution in [0.3, 0.4) is 0 Å². The minimum Gasteiger partial charge on any atom is -0.508 e. The van der Waals surface area contributed by atoms with E-state index in [2.05, 4.69) is 59.6 Å². The van der Waals surface area contributed by atoms with E-state index in [1.807, 2.05) is 45.9 Å². The van der Waals surface area contributed by atoms with Crippen LogP contribution in [0.1, 0.15) is 103 Å². The Morgan fingerprint density at radius 1 is 1.03 bits per heavy atom. The van der Waals surface area contributed by atoms with Gasteiger partial charge in [0.05, 0.1) is 35.6 Å². The van der Waals surface area contributed by atoms with E-state index in [0.717, 1.165) is 63.9 Å². The summed E-state index contributed by atoms with van der Waals surface area (Å²) in [5.41, 5.74) is 8.93. The molecule has 2 aromatic heterocycles. The molecule has 3 fully saturated rings. The van der Waals surface area contributed by atoms with Gasteiger partial charge in [-0.2, -0.15) is 0 Å². The number of aryl methyl sites for hydroxylation is 1. The first-order chi connectivity index (χ1) is 33.3. The number of fused-ring (bicyclic) bond motifs is 6. The zero-order valence-corrected chi connectivity index (χ0v) is 42.4. The first kappa shape index (κ1) is 50.5. The highest BCUT2D eigenvalue weighted by Gasteiger charge is 2.44. The second-order valence-corrected chi connectivity index (χ2v) is 21.3. The van der Waals surface area contributed by atoms with Crippen LogP contribution < -0.4 is 16.1 Å². The van der Waals surface area contributed by atoms with Gasteiger partial charge in [0.25, 0.3) is 5.91 Å². The molecule has 4 amide bonds. The van der Waals surface area contributed by atoms with Gasteiger partial charge in [-0.25, -0.2) is 5.43 Å². The fourth-order valence-electron chi connectivity index (χ4n) is 11.2. The highest BCUT2D eigenvalue weighted by Crippen LogP contribution is 2.42. The summed E-state index contributed by atoms with van der Waals surface area (Å²) in [6.45, 7) is 16.4. The molecule has 4 aliphatic heterocycles. The van der Waals surface area contributed by atoms with Crippen molar-refractivity contribution in [1.82, 2.24) is 40.4 Å². The fraction of sp³-hybridized carbons (Fsp3) is 0.556. The number of hydrogen-bond acceptors (Lipinski definition) is 11. The molecule has 376 valence electrons. The van der Waals surface area contributed by atoms with E-state index in [1.165, 1.54) is 9.91 Å². The Morgan fingerprint density at radius 3 is 2.53 bits per heavy atom. The largest absolute Gasteiger partial charge is 0.508 e. The number of esters is 1. The Labute approximate surface area is 411 Å². The molecule has 0 radical (unpaired) electrons. The molecule has 0 saturated carbocycles. The van der Waals surface area contributed by atoms with E-state index in [-0.39, 0.29) is 55.7 Å². The molecule has 70 heavy (non-hydrogen) atoms. The molecule has 6 atom stereocenters. The minimum absolute atomic E-state index is 0.00572. The SMILES string of the molecule is CCn1c(-c2cccnc2[C@H](C)OC)c2c3cc(ccc31)-c1cc(O)cc(c1)C[C@H](NC(=O)[C@H](C(C)C)N(C)C(=O)[C@H]1CCN(C(=O)[C@@]3(C)CCCN3)C1)C(=O)N1CCC[C@H](N1)C(=O)OCC(C)(C)C2. The lowest BCUT2D eigenvalue weighted by Gasteiger charge is -2.37. The Bertz CT molecular complexity index is 2640. The average Bonchev–Trinajstić information content (AvgIpc) is 4.09. The Kier molecular flexibility index (Phi) is 14.8. The maximum absolute atomic E-state index is 14.8. The van der Waals surface area contributed by atoms with Gasteiger partial charge < -0.3 is 39.6 Å². The van der Waals surface area contributed by atoms with Crippen molar-refractivity contribution >= 4 is 40.5 Å². The second-order valence-electron chi connectivity index (χ2n) is 21.3. The van der Waals surface area contributed by atoms with Gasteiger partial charge in [-0.1, -0.05) is 39.8 Å². The van der Waals surface area contributed by atoms with Crippen LogP contribution in [0.2, 0.25) is 0 Å². The first-order valence-electron chi connectivity index (χ1n) is 25.1. The number of nitrogens with one attached hydrogen (secondary N) is 3. The minimum atomic E-state index is -1.16. The highest BCUT2D eigenvalue weighted by atomic mass is 16.5. The summed E-state index contributed by atoms with van der Waals surface area (Å²) in [4.78, 5) is 79.3. The van der Waals surface area contributed by atoms with Crippen molar-refractivity contribution in [3.8, 4) is 28.1 Å². The summed E-state index contributed by atoms with van der Waals surface area (Å²) < 4.78 is 14.2. The summed E-state index contributed by atoms with van der Waals surface area (Å²) in [6, 6.07) is 12.6. The van der Waals surface area contributed by atoms with Gasteiger partial charge in [-0.3, -0.25) is 34.0 Å². The first-order valence-corrected chi connectivity index (χ1v) is 25.1. The number of aromatic hydroxyl groups is 1. The van der Waals surface area contributed by atoms with Crippen molar-refractivity contribution in [2.45, 2.75) is 130 Å². The van der Waals surface area contributed by atoms with Crippen molar-refractivity contribution in [2.24, 2.45) is 17.3 Å². The number of hydrazine groups is 1. The van der Waals surface area contributed by atoms with E-state index in [0.29, 0.717) is 44.3 Å². The van der Waals surface area contributed by atoms with Gasteiger partial charge in [0.15, 0.2) is 0 Å². The number of cyclic esters (lactones) is 1. The quantitative estimate of drug-likeness (QED) is 0.138. The molecule has 3 saturated heterocycles. The molecule has 6 heterocycles. The predicted molar refractivity (Wildman–Crippen MR) is 267 cm³/mol. The zero-order chi connectivity index (χ0) is 50.2. The smallest absolute Gasteiger partial charge is 0.324 e. The molecular formula is C54H72N8O8. The molecule has 6 bridgehead atoms. The van der Waals surface area contributed by atoms with Crippen LogP contribution in [0, 0.1) is 17.3 Å². The number of ether oxygens (including phenoxy) is 2. The van der Waals surface area contributed by atoms with Crippen LogP contribution >= 0.6 is 0 Å². The second kappa shape index (κ2) is 20.5. The van der Waals surface area contributed by atoms with Crippen LogP contribution in [0.15, 0.2) is 54.7 Å². The molecule has 0 aliphatic carbocycles. The Balaban J connectivity index is 1.16. The molecule has 4 aromatic rings. The number of methoxy groups -OCH3 is 1. The standard InChI is InChI=1S/C54H72N8O8/c1-10-61-44-17-16-35-28-40(44)41(47(61)39-14-11-20-55-45(39)33(4)69-9)29-53(5,6)31-70-51(67)42-15-12-22-62(58-42)50(66)43(26-34-24-37(35)27-38(63)25-34)57-48(64)46(32(2)3)59(8)49(65)36-18-23-60(30-36)52(68)54(7)19-13-21-56-54/h11,14,16-17,20,24-25,27-28,32-33,36,42-43,46,56,58,63H,10,12-13,15,18-19,21-23,26,29-31H2,1-9H3,(H,57,64)/t33-,36-,42-,43-,46-,54+/m0/s1. The van der Waals surface area contributed by atoms with E-state index in [1.54, 1.807) is 37.4 Å². The van der Waals surface area contributed by atoms with Gasteiger partial charge in [0, 0.05) is 74.8 Å². The van der Waals surface area contributed by atoms with Crippen LogP contribution in [0.5, 0.6) is 5.75 Å². The van der Waals surface area contributed by atoms with E-state index in [9.17, 15) is 29.1 Å². The number of amides is 4. The number of hydrogen-bond donors (Lipinski definition) is 4. The molecule has 8 rings (SSSR count). The van der Waals surface area contributed by atoms with E-state index < -0.39 is 52.8 Å². The maximum Gasteiger partial charge on any atom is 0.324 e. The third-order valence-electron chi connectivity index (χ3n) is 15.0. The average molecular weight is 961 g/mol. The number of likely N-dealkylation sites (N-methyl/N-ethyl adjacent to an activating group) is 1. The monoisotopic (exact) mass is 961 g/mol. The molecule has 2 aromatic carbocycles. The Hall–Kier alpha value is -5.84. The van der Waals surface area contributed by atoms with Gasteiger partial charge in [0.2, 0.25) is 17.7 Å². The van der Waals surface area contributed by atoms with Crippen molar-refractivity contribution in [2.75, 3.05) is 46.9 Å². The maximum atomic E-state index is 14.8. The van der Waals surface area contributed by atoms with Crippen LogP contribution in [-0.2, 0) is 52.8 Å². The van der Waals surface area contributed by atoms with E-state index >= 15 is 0 Å². The molecule has 16 heteroatoms. The number of pyridine rings is 1. The van der Waals surface area contributed by atoms with Crippen molar-refractivity contribution in [3.63, 3.8) is 0 Å². The number of aromatic nitrogens is 2. The number of rotatable bonds is 10. The van der Waals surface area contributed by atoms with E-state index in [4.69, 9.17) is 14.5 Å². The van der Waals surface area contributed by atoms with Gasteiger partial charge in [0.1, 0.15) is 23.9 Å². The number of carbonyl (C=O) groups excluding carboxylic acids is 5. The zero-order valence-electron chi connectivity index (χ0n) is 42.4. The molecule has 0 spiro atoms. The summed E-state index contributed by atoms with van der Waals surface area (Å²) in [6.07, 6.45) is 5.12. The molecule has 4 aliphatic rings. The lowest BCUT2D eigenvalue weighted by atomic mass is 9.84. The summed E-state index contributed by atoms with van der Waals surface area (Å²) in [7, 11) is 3.29. The molecule has 4 N–H and O–H groups in total. The lowest BCUT2D eigenvalue weighted by molar-refractivity contribution is -0.155. The van der Waals surface area contributed by atoms with Crippen molar-refractivity contribution in [1.29, 1.82) is 0 Å². The van der Waals surface area contributed by atoms with Crippen molar-refractivity contribution < 1.29 is 38.6 Å². The third kappa shape index (κ3) is 10.2. The fourth-order valence-corrected chi connectivity index (χ4v) is 11.2.